The van der Waals surface area contributed by atoms with Crippen LogP contribution in [0.4, 0.5) is 0 Å². The minimum absolute atomic E-state index is 0. The first-order chi connectivity index (χ1) is 15.1. The third-order valence-electron chi connectivity index (χ3n) is 5.72. The second-order valence-corrected chi connectivity index (χ2v) is 7.76. The number of morpholine rings is 1. The van der Waals surface area contributed by atoms with E-state index >= 15 is 0 Å². The van der Waals surface area contributed by atoms with Gasteiger partial charge in [-0.3, -0.25) is 19.5 Å². The average Bonchev–Trinajstić information content (AvgIpc) is 2.82. The molecule has 0 atom stereocenters. The molecule has 0 aliphatic carbocycles. The summed E-state index contributed by atoms with van der Waals surface area (Å²) in [6.45, 7) is 7.22. The van der Waals surface area contributed by atoms with Crippen molar-refractivity contribution in [2.75, 3.05) is 79.7 Å². The zero-order valence-corrected chi connectivity index (χ0v) is 21.3. The Morgan fingerprint density at radius 1 is 1.06 bits per heavy atom. The molecular weight excluding hydrogens is 523 g/mol. The number of rotatable bonds is 6. The Kier molecular flexibility index (Phi) is 11.2. The van der Waals surface area contributed by atoms with Crippen LogP contribution in [0.2, 0.25) is 0 Å². The summed E-state index contributed by atoms with van der Waals surface area (Å²) in [4.78, 5) is 35.0. The van der Waals surface area contributed by atoms with Crippen molar-refractivity contribution in [3.8, 4) is 0 Å². The number of carbonyl (C=O) groups is 2. The summed E-state index contributed by atoms with van der Waals surface area (Å²) in [6.07, 6.45) is 0.803. The van der Waals surface area contributed by atoms with Gasteiger partial charge in [-0.15, -0.1) is 24.0 Å². The number of carbonyl (C=O) groups excluding carboxylic acids is 2. The van der Waals surface area contributed by atoms with Gasteiger partial charge in [0, 0.05) is 65.5 Å². The Labute approximate surface area is 207 Å². The SMILES string of the molecule is CN=C(NCCc1cccc(C(=O)NC)c1)N1CCN(CC(=O)N2CCOCC2)CC1.I. The van der Waals surface area contributed by atoms with Crippen molar-refractivity contribution >= 4 is 41.8 Å². The summed E-state index contributed by atoms with van der Waals surface area (Å²) in [5.74, 6) is 0.996. The van der Waals surface area contributed by atoms with Gasteiger partial charge in [0.15, 0.2) is 5.96 Å². The lowest BCUT2D eigenvalue weighted by Crippen LogP contribution is -2.55. The molecule has 2 aliphatic rings. The van der Waals surface area contributed by atoms with Crippen molar-refractivity contribution in [1.82, 2.24) is 25.3 Å². The maximum atomic E-state index is 12.5. The fourth-order valence-electron chi connectivity index (χ4n) is 3.89. The molecule has 2 N–H and O–H groups in total. The number of piperazine rings is 1. The molecule has 0 spiro atoms. The van der Waals surface area contributed by atoms with Crippen molar-refractivity contribution in [1.29, 1.82) is 0 Å². The van der Waals surface area contributed by atoms with E-state index in [9.17, 15) is 9.59 Å². The first kappa shape index (κ1) is 26.3. The molecule has 9 nitrogen and oxygen atoms in total. The highest BCUT2D eigenvalue weighted by Crippen LogP contribution is 2.07. The van der Waals surface area contributed by atoms with Crippen LogP contribution >= 0.6 is 24.0 Å². The summed E-state index contributed by atoms with van der Waals surface area (Å²) >= 11 is 0. The molecule has 10 heteroatoms. The van der Waals surface area contributed by atoms with Gasteiger partial charge < -0.3 is 25.2 Å². The summed E-state index contributed by atoms with van der Waals surface area (Å²) in [5.41, 5.74) is 1.78. The van der Waals surface area contributed by atoms with Gasteiger partial charge in [0.05, 0.1) is 19.8 Å². The summed E-state index contributed by atoms with van der Waals surface area (Å²) < 4.78 is 5.32. The van der Waals surface area contributed by atoms with E-state index in [4.69, 9.17) is 4.74 Å². The van der Waals surface area contributed by atoms with Crippen LogP contribution in [0.15, 0.2) is 29.3 Å². The Morgan fingerprint density at radius 3 is 2.44 bits per heavy atom. The van der Waals surface area contributed by atoms with Crippen LogP contribution in [0, 0.1) is 0 Å². The molecule has 32 heavy (non-hydrogen) atoms. The van der Waals surface area contributed by atoms with Gasteiger partial charge in [-0.1, -0.05) is 12.1 Å². The van der Waals surface area contributed by atoms with Crippen LogP contribution < -0.4 is 10.6 Å². The zero-order valence-electron chi connectivity index (χ0n) is 19.0. The number of guanidine groups is 1. The molecule has 178 valence electrons. The molecule has 2 aliphatic heterocycles. The van der Waals surface area contributed by atoms with E-state index in [0.717, 1.165) is 50.7 Å². The lowest BCUT2D eigenvalue weighted by atomic mass is 10.1. The van der Waals surface area contributed by atoms with Crippen LogP contribution in [-0.4, -0.2) is 112 Å². The first-order valence-electron chi connectivity index (χ1n) is 10.9. The van der Waals surface area contributed by atoms with E-state index in [1.807, 2.05) is 29.2 Å². The van der Waals surface area contributed by atoms with E-state index < -0.39 is 0 Å². The standard InChI is InChI=1S/C22H34N6O3.HI/c1-23-21(30)19-5-3-4-18(16-19)6-7-25-22(24-2)28-10-8-26(9-11-28)17-20(29)27-12-14-31-15-13-27;/h3-5,16H,6-15,17H2,1-2H3,(H,23,30)(H,24,25);1H. The second-order valence-electron chi connectivity index (χ2n) is 7.76. The van der Waals surface area contributed by atoms with Crippen LogP contribution in [-0.2, 0) is 16.0 Å². The third kappa shape index (κ3) is 7.59. The van der Waals surface area contributed by atoms with Crippen molar-refractivity contribution < 1.29 is 14.3 Å². The number of hydrogen-bond donors (Lipinski definition) is 2. The number of nitrogens with zero attached hydrogens (tertiary/aromatic N) is 4. The minimum Gasteiger partial charge on any atom is -0.378 e. The molecule has 0 radical (unpaired) electrons. The molecular formula is C22H35IN6O3. The highest BCUT2D eigenvalue weighted by Gasteiger charge is 2.24. The van der Waals surface area contributed by atoms with Gasteiger partial charge in [-0.2, -0.15) is 0 Å². The van der Waals surface area contributed by atoms with Crippen molar-refractivity contribution in [2.24, 2.45) is 4.99 Å². The zero-order chi connectivity index (χ0) is 22.1. The largest absolute Gasteiger partial charge is 0.378 e. The summed E-state index contributed by atoms with van der Waals surface area (Å²) in [6, 6.07) is 7.68. The predicted octanol–water partition coefficient (Wildman–Crippen LogP) is 0.259. The van der Waals surface area contributed by atoms with E-state index in [0.29, 0.717) is 38.4 Å². The fraction of sp³-hybridized carbons (Fsp3) is 0.591. The maximum absolute atomic E-state index is 12.5. The normalized spacial score (nSPS) is 17.5. The number of nitrogens with one attached hydrogen (secondary N) is 2. The fourth-order valence-corrected chi connectivity index (χ4v) is 3.89. The predicted molar refractivity (Wildman–Crippen MR) is 136 cm³/mol. The monoisotopic (exact) mass is 558 g/mol. The molecule has 1 aromatic carbocycles. The number of aliphatic imine (C=N–C) groups is 1. The van der Waals surface area contributed by atoms with Gasteiger partial charge in [-0.05, 0) is 24.1 Å². The maximum Gasteiger partial charge on any atom is 0.251 e. The smallest absolute Gasteiger partial charge is 0.251 e. The number of amides is 2. The van der Waals surface area contributed by atoms with E-state index in [-0.39, 0.29) is 35.8 Å². The van der Waals surface area contributed by atoms with Gasteiger partial charge in [0.1, 0.15) is 0 Å². The molecule has 0 bridgehead atoms. The quantitative estimate of drug-likeness (QED) is 0.296. The van der Waals surface area contributed by atoms with Crippen LogP contribution in [0.1, 0.15) is 15.9 Å². The highest BCUT2D eigenvalue weighted by molar-refractivity contribution is 14.0. The molecule has 2 saturated heterocycles. The lowest BCUT2D eigenvalue weighted by molar-refractivity contribution is -0.136. The Balaban J connectivity index is 0.00000363. The molecule has 2 fully saturated rings. The highest BCUT2D eigenvalue weighted by atomic mass is 127. The average molecular weight is 558 g/mol. The summed E-state index contributed by atoms with van der Waals surface area (Å²) in [5, 5.41) is 6.08. The topological polar surface area (TPSA) is 89.5 Å². The number of benzene rings is 1. The van der Waals surface area contributed by atoms with Crippen molar-refractivity contribution in [3.05, 3.63) is 35.4 Å². The molecule has 0 unspecified atom stereocenters. The Hall–Kier alpha value is -1.92. The Morgan fingerprint density at radius 2 is 1.78 bits per heavy atom. The number of ether oxygens (including phenoxy) is 1. The molecule has 0 saturated carbocycles. The van der Waals surface area contributed by atoms with Crippen molar-refractivity contribution in [2.45, 2.75) is 6.42 Å². The number of halogens is 1. The van der Waals surface area contributed by atoms with Gasteiger partial charge >= 0.3 is 0 Å². The van der Waals surface area contributed by atoms with Gasteiger partial charge in [0.2, 0.25) is 5.91 Å². The first-order valence-corrected chi connectivity index (χ1v) is 10.9. The van der Waals surface area contributed by atoms with E-state index in [1.54, 1.807) is 14.1 Å². The van der Waals surface area contributed by atoms with Crippen LogP contribution in [0.5, 0.6) is 0 Å². The number of hydrogen-bond acceptors (Lipinski definition) is 5. The van der Waals surface area contributed by atoms with E-state index in [1.165, 1.54) is 0 Å². The molecule has 3 rings (SSSR count). The molecule has 1 aromatic rings. The van der Waals surface area contributed by atoms with Crippen molar-refractivity contribution in [3.63, 3.8) is 0 Å². The molecule has 2 amide bonds. The summed E-state index contributed by atoms with van der Waals surface area (Å²) in [7, 11) is 3.43. The van der Waals surface area contributed by atoms with Gasteiger partial charge in [-0.25, -0.2) is 0 Å². The third-order valence-corrected chi connectivity index (χ3v) is 5.72. The minimum atomic E-state index is -0.0735. The van der Waals surface area contributed by atoms with Gasteiger partial charge in [0.25, 0.3) is 5.91 Å². The van der Waals surface area contributed by atoms with E-state index in [2.05, 4.69) is 25.4 Å². The van der Waals surface area contributed by atoms with Crippen LogP contribution in [0.25, 0.3) is 0 Å². The lowest BCUT2D eigenvalue weighted by Gasteiger charge is -2.37. The Bertz CT molecular complexity index is 777. The molecule has 2 heterocycles. The second kappa shape index (κ2) is 13.6. The van der Waals surface area contributed by atoms with Crippen LogP contribution in [0.3, 0.4) is 0 Å². The molecule has 0 aromatic heterocycles.